The lowest BCUT2D eigenvalue weighted by atomic mass is 9.93. The number of rotatable bonds is 7. The summed E-state index contributed by atoms with van der Waals surface area (Å²) in [5.74, 6) is -1.57. The Bertz CT molecular complexity index is 706. The minimum absolute atomic E-state index is 0.742. The molecule has 0 saturated carbocycles. The van der Waals surface area contributed by atoms with Crippen molar-refractivity contribution in [1.29, 1.82) is 0 Å². The Balaban J connectivity index is 1.80. The molecule has 35 heavy (non-hydrogen) atoms. The van der Waals surface area contributed by atoms with Crippen molar-refractivity contribution in [2.45, 2.75) is 98.9 Å². The summed E-state index contributed by atoms with van der Waals surface area (Å²) < 4.78 is 26.8. The molecule has 3 heterocycles. The molecule has 16 heteroatoms. The van der Waals surface area contributed by atoms with E-state index in [0.717, 1.165) is 0 Å². The molecule has 16 nitrogen and oxygen atoms in total. The average molecular weight is 516 g/mol. The molecule has 0 aliphatic carbocycles. The first-order valence-electron chi connectivity index (χ1n) is 10.9. The summed E-state index contributed by atoms with van der Waals surface area (Å²) in [6.07, 6.45) is -25.0. The van der Waals surface area contributed by atoms with Crippen LogP contribution < -0.4 is 0 Å². The van der Waals surface area contributed by atoms with Crippen LogP contribution in [0.4, 0.5) is 0 Å². The standard InChI is InChI=1S/C19H32O16/c1-4-14(34-18-11(26)9(24)7(22)5(2-20)32-18)13(28)15(16(31-4)17(29)30)35-19-12(27)10(25)8(23)6(3-21)33-19/h4-16,18-28H,2-3H2,1H3,(H,29,30)/t4-,5+,6+,7+,8+,9-,10-,11+,12+,13+,14-,15-,16-,18-,19-/m0/s1. The second kappa shape index (κ2) is 11.5. The van der Waals surface area contributed by atoms with Gasteiger partial charge in [0.05, 0.1) is 19.3 Å². The van der Waals surface area contributed by atoms with E-state index in [1.807, 2.05) is 0 Å². The largest absolute Gasteiger partial charge is 0.479 e. The number of carbonyl (C=O) groups is 1. The van der Waals surface area contributed by atoms with Crippen molar-refractivity contribution >= 4 is 5.97 Å². The molecule has 15 atom stereocenters. The maximum atomic E-state index is 11.8. The Labute approximate surface area is 198 Å². The second-order valence-corrected chi connectivity index (χ2v) is 8.69. The SMILES string of the molecule is C[C@@H]1O[C@H](C(=O)O)[C@@H](O[C@@H]2O[C@H](CO)[C@@H](O)[C@H](O)[C@H]2O)[C@H](O)[C@H]1O[C@@H]1O[C@H](CO)[C@@H](O)[C@H](O)[C@H]1O. The molecule has 0 aromatic heterocycles. The van der Waals surface area contributed by atoms with Gasteiger partial charge in [0.25, 0.3) is 0 Å². The maximum absolute atomic E-state index is 11.8. The molecule has 0 aromatic rings. The predicted molar refractivity (Wildman–Crippen MR) is 105 cm³/mol. The number of aliphatic hydroxyl groups excluding tert-OH is 9. The Morgan fingerprint density at radius 2 is 1.09 bits per heavy atom. The van der Waals surface area contributed by atoms with E-state index in [4.69, 9.17) is 23.7 Å². The van der Waals surface area contributed by atoms with E-state index in [-0.39, 0.29) is 0 Å². The molecule has 204 valence electrons. The van der Waals surface area contributed by atoms with Gasteiger partial charge in [0.1, 0.15) is 67.1 Å². The number of ether oxygens (including phenoxy) is 5. The number of aliphatic carboxylic acids is 1. The average Bonchev–Trinajstić information content (AvgIpc) is 2.82. The highest BCUT2D eigenvalue weighted by atomic mass is 16.7. The van der Waals surface area contributed by atoms with Crippen LogP contribution in [0.25, 0.3) is 0 Å². The van der Waals surface area contributed by atoms with Crippen molar-refractivity contribution < 1.29 is 79.5 Å². The van der Waals surface area contributed by atoms with Gasteiger partial charge >= 0.3 is 5.97 Å². The number of hydrogen-bond donors (Lipinski definition) is 10. The lowest BCUT2D eigenvalue weighted by Gasteiger charge is -2.47. The zero-order valence-corrected chi connectivity index (χ0v) is 18.5. The Hall–Kier alpha value is -1.09. The summed E-state index contributed by atoms with van der Waals surface area (Å²) >= 11 is 0. The van der Waals surface area contributed by atoms with Crippen LogP contribution >= 0.6 is 0 Å². The first kappa shape index (κ1) is 28.5. The lowest BCUT2D eigenvalue weighted by molar-refractivity contribution is -0.360. The number of carboxylic acids is 1. The van der Waals surface area contributed by atoms with Crippen molar-refractivity contribution in [3.05, 3.63) is 0 Å². The third-order valence-corrected chi connectivity index (χ3v) is 6.32. The summed E-state index contributed by atoms with van der Waals surface area (Å²) in [7, 11) is 0. The molecule has 3 rings (SSSR count). The lowest BCUT2D eigenvalue weighted by Crippen LogP contribution is -2.66. The van der Waals surface area contributed by atoms with Gasteiger partial charge in [0, 0.05) is 0 Å². The molecular formula is C19H32O16. The molecule has 0 amide bonds. The minimum atomic E-state index is -1.90. The van der Waals surface area contributed by atoms with E-state index in [9.17, 15) is 55.9 Å². The molecule has 0 radical (unpaired) electrons. The molecule has 0 aromatic carbocycles. The zero-order valence-electron chi connectivity index (χ0n) is 18.5. The number of carboxylic acid groups (broad SMARTS) is 1. The summed E-state index contributed by atoms with van der Waals surface area (Å²) in [5.41, 5.74) is 0. The highest BCUT2D eigenvalue weighted by Crippen LogP contribution is 2.32. The molecular weight excluding hydrogens is 484 g/mol. The van der Waals surface area contributed by atoms with Crippen LogP contribution in [-0.2, 0) is 28.5 Å². The monoisotopic (exact) mass is 516 g/mol. The summed E-state index contributed by atoms with van der Waals surface area (Å²) in [6, 6.07) is 0. The molecule has 0 spiro atoms. The second-order valence-electron chi connectivity index (χ2n) is 8.69. The predicted octanol–water partition coefficient (Wildman–Crippen LogP) is -6.41. The van der Waals surface area contributed by atoms with Crippen molar-refractivity contribution in [1.82, 2.24) is 0 Å². The van der Waals surface area contributed by atoms with E-state index in [1.165, 1.54) is 6.92 Å². The van der Waals surface area contributed by atoms with E-state index in [2.05, 4.69) is 0 Å². The van der Waals surface area contributed by atoms with Gasteiger partial charge < -0.3 is 74.7 Å². The molecule has 3 aliphatic heterocycles. The summed E-state index contributed by atoms with van der Waals surface area (Å²) in [4.78, 5) is 11.8. The Morgan fingerprint density at radius 1 is 0.657 bits per heavy atom. The number of hydrogen-bond acceptors (Lipinski definition) is 15. The third-order valence-electron chi connectivity index (χ3n) is 6.32. The number of aliphatic hydroxyl groups is 9. The third kappa shape index (κ3) is 5.60. The van der Waals surface area contributed by atoms with Gasteiger partial charge in [-0.05, 0) is 6.92 Å². The van der Waals surface area contributed by atoms with Crippen LogP contribution in [-0.4, -0.2) is 162 Å². The first-order valence-corrected chi connectivity index (χ1v) is 10.9. The van der Waals surface area contributed by atoms with Crippen molar-refractivity contribution in [2.75, 3.05) is 13.2 Å². The van der Waals surface area contributed by atoms with Crippen molar-refractivity contribution in [3.8, 4) is 0 Å². The molecule has 3 aliphatic rings. The molecule has 10 N–H and O–H groups in total. The van der Waals surface area contributed by atoms with Gasteiger partial charge in [-0.1, -0.05) is 0 Å². The van der Waals surface area contributed by atoms with E-state index < -0.39 is 111 Å². The van der Waals surface area contributed by atoms with Crippen LogP contribution in [0.3, 0.4) is 0 Å². The van der Waals surface area contributed by atoms with Crippen LogP contribution in [0.2, 0.25) is 0 Å². The fraction of sp³-hybridized carbons (Fsp3) is 0.947. The minimum Gasteiger partial charge on any atom is -0.479 e. The quantitative estimate of drug-likeness (QED) is 0.151. The fourth-order valence-electron chi connectivity index (χ4n) is 4.24. The van der Waals surface area contributed by atoms with Gasteiger partial charge in [0.15, 0.2) is 18.7 Å². The van der Waals surface area contributed by atoms with Crippen LogP contribution in [0.15, 0.2) is 0 Å². The Morgan fingerprint density at radius 3 is 1.49 bits per heavy atom. The highest BCUT2D eigenvalue weighted by molar-refractivity contribution is 5.73. The van der Waals surface area contributed by atoms with Gasteiger partial charge in [-0.2, -0.15) is 0 Å². The fourth-order valence-corrected chi connectivity index (χ4v) is 4.24. The van der Waals surface area contributed by atoms with Crippen LogP contribution in [0, 0.1) is 0 Å². The zero-order chi connectivity index (χ0) is 26.2. The summed E-state index contributed by atoms with van der Waals surface area (Å²) in [5, 5.41) is 99.3. The maximum Gasteiger partial charge on any atom is 0.335 e. The van der Waals surface area contributed by atoms with E-state index >= 15 is 0 Å². The molecule has 0 bridgehead atoms. The van der Waals surface area contributed by atoms with Crippen LogP contribution in [0.5, 0.6) is 0 Å². The summed E-state index contributed by atoms with van der Waals surface area (Å²) in [6.45, 7) is -0.192. The Kier molecular flexibility index (Phi) is 9.38. The van der Waals surface area contributed by atoms with Crippen molar-refractivity contribution in [2.24, 2.45) is 0 Å². The van der Waals surface area contributed by atoms with Gasteiger partial charge in [-0.3, -0.25) is 0 Å². The molecule has 3 saturated heterocycles. The van der Waals surface area contributed by atoms with Crippen LogP contribution in [0.1, 0.15) is 6.92 Å². The smallest absolute Gasteiger partial charge is 0.335 e. The van der Waals surface area contributed by atoms with Gasteiger partial charge in [0.2, 0.25) is 0 Å². The molecule has 0 unspecified atom stereocenters. The van der Waals surface area contributed by atoms with E-state index in [0.29, 0.717) is 0 Å². The van der Waals surface area contributed by atoms with E-state index in [1.54, 1.807) is 0 Å². The normalized spacial score (nSPS) is 51.2. The topological polar surface area (TPSA) is 266 Å². The van der Waals surface area contributed by atoms with Crippen molar-refractivity contribution in [3.63, 3.8) is 0 Å². The first-order chi connectivity index (χ1) is 16.4. The highest BCUT2D eigenvalue weighted by Gasteiger charge is 2.54. The molecule has 3 fully saturated rings. The van der Waals surface area contributed by atoms with Gasteiger partial charge in [-0.15, -0.1) is 0 Å². The van der Waals surface area contributed by atoms with Gasteiger partial charge in [-0.25, -0.2) is 4.79 Å².